The second kappa shape index (κ2) is 5.06. The molecule has 1 amide bonds. The van der Waals surface area contributed by atoms with Gasteiger partial charge in [0.15, 0.2) is 0 Å². The monoisotopic (exact) mass is 249 g/mol. The molecule has 2 aliphatic rings. The van der Waals surface area contributed by atoms with E-state index in [0.29, 0.717) is 17.9 Å². The van der Waals surface area contributed by atoms with Crippen LogP contribution in [-0.4, -0.2) is 51.2 Å². The zero-order chi connectivity index (χ0) is 12.4. The molecule has 1 aromatic rings. The molecule has 3 rings (SSSR count). The first-order chi connectivity index (χ1) is 8.84. The second-order valence-corrected chi connectivity index (χ2v) is 5.17. The molecule has 2 fully saturated rings. The number of hydrogen-bond acceptors (Lipinski definition) is 4. The summed E-state index contributed by atoms with van der Waals surface area (Å²) >= 11 is 0. The van der Waals surface area contributed by atoms with Gasteiger partial charge in [0, 0.05) is 18.6 Å². The van der Waals surface area contributed by atoms with E-state index in [1.807, 2.05) is 4.90 Å². The molecule has 1 saturated heterocycles. The van der Waals surface area contributed by atoms with Crippen molar-refractivity contribution in [2.45, 2.75) is 44.2 Å². The Hall–Kier alpha value is -1.43. The minimum atomic E-state index is -0.0117. The van der Waals surface area contributed by atoms with Crippen LogP contribution in [0.2, 0.25) is 0 Å². The molecule has 98 valence electrons. The average molecular weight is 249 g/mol. The highest BCUT2D eigenvalue weighted by molar-refractivity contribution is 5.90. The summed E-state index contributed by atoms with van der Waals surface area (Å²) in [6.07, 6.45) is 7.28. The van der Waals surface area contributed by atoms with Gasteiger partial charge in [-0.1, -0.05) is 6.42 Å². The Kier molecular flexibility index (Phi) is 3.27. The molecular weight excluding hydrogens is 230 g/mol. The van der Waals surface area contributed by atoms with Crippen molar-refractivity contribution in [3.63, 3.8) is 0 Å². The first-order valence-corrected chi connectivity index (χ1v) is 6.74. The minimum absolute atomic E-state index is 0.0117. The lowest BCUT2D eigenvalue weighted by atomic mass is 10.0. The predicted octanol–water partition coefficient (Wildman–Crippen LogP) is 0.551. The quantitative estimate of drug-likeness (QED) is 0.817. The Morgan fingerprint density at radius 3 is 2.89 bits per heavy atom. The van der Waals surface area contributed by atoms with E-state index in [9.17, 15) is 4.79 Å². The Bertz CT molecular complexity index is 395. The van der Waals surface area contributed by atoms with Crippen molar-refractivity contribution < 1.29 is 4.79 Å². The number of hydrogen-bond donors (Lipinski definition) is 2. The molecule has 2 heterocycles. The number of aromatic amines is 1. The molecule has 1 aromatic heterocycles. The smallest absolute Gasteiger partial charge is 0.291 e. The van der Waals surface area contributed by atoms with Crippen molar-refractivity contribution in [1.82, 2.24) is 25.4 Å². The van der Waals surface area contributed by atoms with E-state index in [-0.39, 0.29) is 5.91 Å². The number of rotatable bonds is 4. The number of carbonyl (C=O) groups is 1. The van der Waals surface area contributed by atoms with Crippen LogP contribution in [0.25, 0.3) is 0 Å². The molecule has 18 heavy (non-hydrogen) atoms. The molecule has 1 unspecified atom stereocenters. The first-order valence-electron chi connectivity index (χ1n) is 6.74. The maximum atomic E-state index is 12.3. The number of aromatic nitrogens is 3. The Morgan fingerprint density at radius 1 is 1.39 bits per heavy atom. The third-order valence-electron chi connectivity index (χ3n) is 3.70. The molecule has 0 bridgehead atoms. The summed E-state index contributed by atoms with van der Waals surface area (Å²) in [7, 11) is 0. The van der Waals surface area contributed by atoms with Crippen molar-refractivity contribution in [3.05, 3.63) is 12.2 Å². The van der Waals surface area contributed by atoms with E-state index < -0.39 is 0 Å². The Morgan fingerprint density at radius 2 is 2.28 bits per heavy atom. The fraction of sp³-hybridized carbons (Fsp3) is 0.750. The largest absolute Gasteiger partial charge is 0.331 e. The SMILES string of the molecule is O=C(c1ncn[nH]1)N(CC1CCCCN1)C1CC1. The van der Waals surface area contributed by atoms with Gasteiger partial charge >= 0.3 is 0 Å². The summed E-state index contributed by atoms with van der Waals surface area (Å²) in [6, 6.07) is 0.845. The van der Waals surface area contributed by atoms with Crippen molar-refractivity contribution in [3.8, 4) is 0 Å². The molecule has 1 saturated carbocycles. The van der Waals surface area contributed by atoms with Crippen molar-refractivity contribution in [2.75, 3.05) is 13.1 Å². The number of nitrogens with one attached hydrogen (secondary N) is 2. The fourth-order valence-corrected chi connectivity index (χ4v) is 2.55. The van der Waals surface area contributed by atoms with E-state index >= 15 is 0 Å². The van der Waals surface area contributed by atoms with Gasteiger partial charge in [-0.2, -0.15) is 5.10 Å². The van der Waals surface area contributed by atoms with E-state index in [4.69, 9.17) is 0 Å². The van der Waals surface area contributed by atoms with Gasteiger partial charge in [0.05, 0.1) is 0 Å². The maximum Gasteiger partial charge on any atom is 0.291 e. The molecule has 6 heteroatoms. The molecule has 1 aliphatic carbocycles. The van der Waals surface area contributed by atoms with Crippen LogP contribution >= 0.6 is 0 Å². The molecule has 1 atom stereocenters. The van der Waals surface area contributed by atoms with Gasteiger partial charge in [-0.05, 0) is 32.2 Å². The van der Waals surface area contributed by atoms with Crippen molar-refractivity contribution in [1.29, 1.82) is 0 Å². The van der Waals surface area contributed by atoms with Gasteiger partial charge in [-0.25, -0.2) is 4.98 Å². The normalized spacial score (nSPS) is 23.9. The van der Waals surface area contributed by atoms with Crippen LogP contribution in [0.15, 0.2) is 6.33 Å². The van der Waals surface area contributed by atoms with Crippen LogP contribution < -0.4 is 5.32 Å². The van der Waals surface area contributed by atoms with Gasteiger partial charge in [0.1, 0.15) is 6.33 Å². The van der Waals surface area contributed by atoms with Crippen LogP contribution in [0.4, 0.5) is 0 Å². The van der Waals surface area contributed by atoms with Crippen LogP contribution in [0.3, 0.4) is 0 Å². The van der Waals surface area contributed by atoms with Crippen molar-refractivity contribution >= 4 is 5.91 Å². The minimum Gasteiger partial charge on any atom is -0.331 e. The molecule has 1 aliphatic heterocycles. The standard InChI is InChI=1S/C12H19N5O/c18-12(11-14-8-15-16-11)17(10-4-5-10)7-9-3-1-2-6-13-9/h8-10,13H,1-7H2,(H,14,15,16). The average Bonchev–Trinajstić information content (AvgIpc) is 3.10. The third kappa shape index (κ3) is 2.53. The van der Waals surface area contributed by atoms with Gasteiger partial charge in [-0.3, -0.25) is 9.89 Å². The van der Waals surface area contributed by atoms with E-state index in [1.54, 1.807) is 0 Å². The first kappa shape index (κ1) is 11.6. The van der Waals surface area contributed by atoms with Gasteiger partial charge in [-0.15, -0.1) is 0 Å². The van der Waals surface area contributed by atoms with Crippen LogP contribution in [0, 0.1) is 0 Å². The molecule has 0 spiro atoms. The Labute approximate surface area is 106 Å². The van der Waals surface area contributed by atoms with E-state index in [0.717, 1.165) is 32.4 Å². The zero-order valence-electron chi connectivity index (χ0n) is 10.4. The highest BCUT2D eigenvalue weighted by atomic mass is 16.2. The fourth-order valence-electron chi connectivity index (χ4n) is 2.55. The Balaban J connectivity index is 1.66. The summed E-state index contributed by atoms with van der Waals surface area (Å²) in [5.74, 6) is 0.347. The highest BCUT2D eigenvalue weighted by Crippen LogP contribution is 2.28. The molecule has 2 N–H and O–H groups in total. The lowest BCUT2D eigenvalue weighted by molar-refractivity contribution is 0.0706. The zero-order valence-corrected chi connectivity index (χ0v) is 10.4. The summed E-state index contributed by atoms with van der Waals surface area (Å²) < 4.78 is 0. The lowest BCUT2D eigenvalue weighted by Gasteiger charge is -2.30. The van der Waals surface area contributed by atoms with Crippen LogP contribution in [0.5, 0.6) is 0 Å². The second-order valence-electron chi connectivity index (χ2n) is 5.17. The highest BCUT2D eigenvalue weighted by Gasteiger charge is 2.35. The van der Waals surface area contributed by atoms with E-state index in [2.05, 4.69) is 20.5 Å². The van der Waals surface area contributed by atoms with Crippen LogP contribution in [-0.2, 0) is 0 Å². The number of amides is 1. The number of piperidine rings is 1. The van der Waals surface area contributed by atoms with Crippen LogP contribution in [0.1, 0.15) is 42.7 Å². The summed E-state index contributed by atoms with van der Waals surface area (Å²) in [5, 5.41) is 9.91. The molecule has 0 aromatic carbocycles. The predicted molar refractivity (Wildman–Crippen MR) is 66.1 cm³/mol. The number of nitrogens with zero attached hydrogens (tertiary/aromatic N) is 3. The van der Waals surface area contributed by atoms with Gasteiger partial charge < -0.3 is 10.2 Å². The lowest BCUT2D eigenvalue weighted by Crippen LogP contribution is -2.46. The molecular formula is C12H19N5O. The summed E-state index contributed by atoms with van der Waals surface area (Å²) in [5.41, 5.74) is 0. The number of H-pyrrole nitrogens is 1. The van der Waals surface area contributed by atoms with Gasteiger partial charge in [0.2, 0.25) is 5.82 Å². The molecule has 0 radical (unpaired) electrons. The number of carbonyl (C=O) groups excluding carboxylic acids is 1. The molecule has 6 nitrogen and oxygen atoms in total. The third-order valence-corrected chi connectivity index (χ3v) is 3.70. The van der Waals surface area contributed by atoms with Crippen molar-refractivity contribution in [2.24, 2.45) is 0 Å². The summed E-state index contributed by atoms with van der Waals surface area (Å²) in [6.45, 7) is 1.86. The van der Waals surface area contributed by atoms with E-state index in [1.165, 1.54) is 19.2 Å². The van der Waals surface area contributed by atoms with Gasteiger partial charge in [0.25, 0.3) is 5.91 Å². The maximum absolute atomic E-state index is 12.3. The summed E-state index contributed by atoms with van der Waals surface area (Å²) in [4.78, 5) is 18.2. The topological polar surface area (TPSA) is 73.9 Å².